The summed E-state index contributed by atoms with van der Waals surface area (Å²) >= 11 is 7.15. The first kappa shape index (κ1) is 34.3. The van der Waals surface area contributed by atoms with E-state index >= 15 is 0 Å². The molecule has 1 heterocycles. The van der Waals surface area contributed by atoms with Gasteiger partial charge in [-0.2, -0.15) is 5.43 Å². The molecule has 1 amide bonds. The van der Waals surface area contributed by atoms with E-state index in [0.717, 1.165) is 22.9 Å². The fourth-order valence-electron chi connectivity index (χ4n) is 4.93. The van der Waals surface area contributed by atoms with E-state index in [4.69, 9.17) is 16.4 Å². The van der Waals surface area contributed by atoms with Gasteiger partial charge in [-0.3, -0.25) is 19.6 Å². The van der Waals surface area contributed by atoms with Gasteiger partial charge in [0.15, 0.2) is 6.73 Å². The molecule has 0 saturated heterocycles. The number of rotatable bonds is 13. The first-order valence-electron chi connectivity index (χ1n) is 14.9. The molecule has 0 bridgehead atoms. The van der Waals surface area contributed by atoms with Crippen LogP contribution in [0.25, 0.3) is 10.9 Å². The van der Waals surface area contributed by atoms with Crippen molar-refractivity contribution in [2.24, 2.45) is 0 Å². The number of hydrogen-bond donors (Lipinski definition) is 4. The summed E-state index contributed by atoms with van der Waals surface area (Å²) < 4.78 is 29.0. The molecule has 4 N–H and O–H groups in total. The summed E-state index contributed by atoms with van der Waals surface area (Å²) in [6.07, 6.45) is 1.36. The Hall–Kier alpha value is -5.61. The fourth-order valence-corrected chi connectivity index (χ4v) is 7.14. The monoisotopic (exact) mass is 729 g/mol. The minimum atomic E-state index is -4.00. The Morgan fingerprint density at radius 3 is 2.32 bits per heavy atom. The van der Waals surface area contributed by atoms with Gasteiger partial charge in [0, 0.05) is 28.2 Å². The molecule has 6 aromatic rings. The Morgan fingerprint density at radius 2 is 1.58 bits per heavy atom. The summed E-state index contributed by atoms with van der Waals surface area (Å²) in [5.41, 5.74) is 9.19. The van der Waals surface area contributed by atoms with Gasteiger partial charge in [-0.1, -0.05) is 82.8 Å². The first-order valence-corrected chi connectivity index (χ1v) is 17.6. The van der Waals surface area contributed by atoms with Crippen molar-refractivity contribution >= 4 is 72.3 Å². The molecule has 5 aromatic carbocycles. The summed E-state index contributed by atoms with van der Waals surface area (Å²) in [5, 5.41) is 18.3. The summed E-state index contributed by atoms with van der Waals surface area (Å²) in [4.78, 5) is 30.6. The second-order valence-corrected chi connectivity index (χ2v) is 13.8. The molecule has 16 heteroatoms. The molecule has 0 aliphatic rings. The van der Waals surface area contributed by atoms with Gasteiger partial charge < -0.3 is 15.6 Å². The Kier molecular flexibility index (Phi) is 10.5. The summed E-state index contributed by atoms with van der Waals surface area (Å²) in [5.74, 6) is 0. The predicted octanol–water partition coefficient (Wildman–Crippen LogP) is 7.46. The molecular formula is C34H28ClN7O6S2. The quantitative estimate of drug-likeness (QED) is 0.0405. The lowest BCUT2D eigenvalue weighted by Crippen LogP contribution is -2.30. The second-order valence-electron chi connectivity index (χ2n) is 10.6. The molecule has 0 spiro atoms. The zero-order valence-electron chi connectivity index (χ0n) is 25.9. The lowest BCUT2D eigenvalue weighted by atomic mass is 10.0. The summed E-state index contributed by atoms with van der Waals surface area (Å²) in [6, 6.07) is 33.9. The number of carbonyl (C=O) groups excluding carboxylic acids is 1. The number of nitro benzene ring substituents is 1. The second kappa shape index (κ2) is 15.3. The maximum atomic E-state index is 13.2. The number of aromatic nitrogens is 2. The fraction of sp³-hybridized carbons (Fsp3) is 0.0588. The smallest absolute Gasteiger partial charge is 0.284 e. The predicted molar refractivity (Wildman–Crippen MR) is 195 cm³/mol. The molecule has 50 heavy (non-hydrogen) atoms. The van der Waals surface area contributed by atoms with Crippen molar-refractivity contribution in [3.63, 3.8) is 0 Å². The van der Waals surface area contributed by atoms with Gasteiger partial charge in [0.2, 0.25) is 0 Å². The Labute approximate surface area is 295 Å². The van der Waals surface area contributed by atoms with Crippen LogP contribution in [-0.4, -0.2) is 35.3 Å². The van der Waals surface area contributed by atoms with Gasteiger partial charge in [-0.05, 0) is 71.8 Å². The SMILES string of the molecule is O=C(Nc1cccc(S(=O)(=O)Nc2ccc(NNCOn3ncc4c([N+](=O)[O-])cccc43)cc2)c1)SC(c1ccccc1)c1ccc(Cl)cc1. The van der Waals surface area contributed by atoms with E-state index in [0.29, 0.717) is 33.0 Å². The third-order valence-electron chi connectivity index (χ3n) is 7.27. The number of halogens is 1. The van der Waals surface area contributed by atoms with Crippen LogP contribution < -0.4 is 25.7 Å². The Bertz CT molecular complexity index is 2240. The largest absolute Gasteiger partial charge is 0.379 e. The zero-order chi connectivity index (χ0) is 35.1. The van der Waals surface area contributed by atoms with Gasteiger partial charge in [0.1, 0.15) is 10.9 Å². The van der Waals surface area contributed by atoms with E-state index in [1.807, 2.05) is 42.5 Å². The van der Waals surface area contributed by atoms with E-state index in [-0.39, 0.29) is 27.8 Å². The molecule has 13 nitrogen and oxygen atoms in total. The molecule has 0 fully saturated rings. The van der Waals surface area contributed by atoms with Crippen molar-refractivity contribution in [3.8, 4) is 0 Å². The van der Waals surface area contributed by atoms with Crippen molar-refractivity contribution in [1.29, 1.82) is 0 Å². The molecule has 0 aliphatic carbocycles. The maximum absolute atomic E-state index is 13.2. The van der Waals surface area contributed by atoms with Crippen molar-refractivity contribution in [3.05, 3.63) is 154 Å². The lowest BCUT2D eigenvalue weighted by Gasteiger charge is -2.17. The number of nitrogens with zero attached hydrogens (tertiary/aromatic N) is 3. The first-order chi connectivity index (χ1) is 24.2. The van der Waals surface area contributed by atoms with Crippen molar-refractivity contribution < 1.29 is 23.0 Å². The van der Waals surface area contributed by atoms with Crippen LogP contribution in [0.4, 0.5) is 27.5 Å². The van der Waals surface area contributed by atoms with E-state index < -0.39 is 14.9 Å². The van der Waals surface area contributed by atoms with Gasteiger partial charge in [0.05, 0.1) is 21.3 Å². The number of nitro groups is 1. The van der Waals surface area contributed by atoms with Crippen molar-refractivity contribution in [2.75, 3.05) is 22.2 Å². The Morgan fingerprint density at radius 1 is 0.880 bits per heavy atom. The molecular weight excluding hydrogens is 702 g/mol. The van der Waals surface area contributed by atoms with Gasteiger partial charge in [-0.15, -0.1) is 5.10 Å². The molecule has 0 radical (unpaired) electrons. The van der Waals surface area contributed by atoms with Crippen LogP contribution >= 0.6 is 23.4 Å². The maximum Gasteiger partial charge on any atom is 0.284 e. The van der Waals surface area contributed by atoms with Gasteiger partial charge >= 0.3 is 0 Å². The number of fused-ring (bicyclic) bond motifs is 1. The lowest BCUT2D eigenvalue weighted by molar-refractivity contribution is -0.383. The van der Waals surface area contributed by atoms with Crippen LogP contribution in [-0.2, 0) is 10.0 Å². The third kappa shape index (κ3) is 8.33. The van der Waals surface area contributed by atoms with Crippen LogP contribution in [0, 0.1) is 10.1 Å². The van der Waals surface area contributed by atoms with Crippen LogP contribution in [0.15, 0.2) is 132 Å². The number of nitrogens with one attached hydrogen (secondary N) is 4. The van der Waals surface area contributed by atoms with E-state index in [1.54, 1.807) is 60.7 Å². The number of anilines is 3. The van der Waals surface area contributed by atoms with Crippen LogP contribution in [0.5, 0.6) is 0 Å². The van der Waals surface area contributed by atoms with Gasteiger partial charge in [0.25, 0.3) is 20.9 Å². The molecule has 1 aromatic heterocycles. The highest BCUT2D eigenvalue weighted by Gasteiger charge is 2.21. The standard InChI is InChI=1S/C34H28ClN7O6S2/c35-25-14-12-24(13-15-25)33(23-6-2-1-3-7-23)49-34(43)38-28-8-4-9-29(20-28)50(46,47)40-27-18-16-26(17-19-27)39-36-22-48-41-31-10-5-11-32(42(44)45)30(31)21-37-41/h1-21,33,36,39-40H,22H2,(H,38,43). The number of amides is 1. The summed E-state index contributed by atoms with van der Waals surface area (Å²) in [6.45, 7) is -0.0483. The molecule has 0 aliphatic heterocycles. The molecule has 1 unspecified atom stereocenters. The number of thioether (sulfide) groups is 1. The number of carbonyl (C=O) groups is 1. The van der Waals surface area contributed by atoms with Gasteiger partial charge in [-0.25, -0.2) is 8.42 Å². The van der Waals surface area contributed by atoms with E-state index in [2.05, 4.69) is 26.0 Å². The number of non-ortho nitro benzene ring substituents is 1. The highest BCUT2D eigenvalue weighted by atomic mass is 35.5. The molecule has 0 saturated carbocycles. The van der Waals surface area contributed by atoms with Crippen LogP contribution in [0.3, 0.4) is 0 Å². The summed E-state index contributed by atoms with van der Waals surface area (Å²) in [7, 11) is -4.00. The van der Waals surface area contributed by atoms with Crippen molar-refractivity contribution in [2.45, 2.75) is 10.1 Å². The zero-order valence-corrected chi connectivity index (χ0v) is 28.3. The van der Waals surface area contributed by atoms with Crippen molar-refractivity contribution in [1.82, 2.24) is 15.4 Å². The van der Waals surface area contributed by atoms with E-state index in [9.17, 15) is 23.3 Å². The average Bonchev–Trinajstić information content (AvgIpc) is 3.53. The number of hydrazine groups is 1. The van der Waals surface area contributed by atoms with Crippen LogP contribution in [0.1, 0.15) is 16.4 Å². The number of hydrogen-bond acceptors (Lipinski definition) is 10. The minimum Gasteiger partial charge on any atom is -0.379 e. The van der Waals surface area contributed by atoms with Crippen LogP contribution in [0.2, 0.25) is 5.02 Å². The normalized spacial score (nSPS) is 11.9. The third-order valence-corrected chi connectivity index (χ3v) is 10.0. The van der Waals surface area contributed by atoms with E-state index in [1.165, 1.54) is 29.2 Å². The Balaban J connectivity index is 1.03. The minimum absolute atomic E-state index is 0.0323. The molecule has 254 valence electrons. The average molecular weight is 730 g/mol. The highest BCUT2D eigenvalue weighted by Crippen LogP contribution is 2.37. The number of benzene rings is 5. The topological polar surface area (TPSA) is 170 Å². The molecule has 6 rings (SSSR count). The number of sulfonamides is 1. The molecule has 1 atom stereocenters. The highest BCUT2D eigenvalue weighted by molar-refractivity contribution is 8.14.